The Bertz CT molecular complexity index is 2450. The zero-order valence-corrected chi connectivity index (χ0v) is 25.7. The Labute approximate surface area is 276 Å². The molecule has 0 spiro atoms. The van der Waals surface area contributed by atoms with Gasteiger partial charge in [-0.2, -0.15) is 0 Å². The summed E-state index contributed by atoms with van der Waals surface area (Å²) in [5.41, 5.74) is 12.5. The largest absolute Gasteiger partial charge is 0.357 e. The summed E-state index contributed by atoms with van der Waals surface area (Å²) in [5, 5.41) is 1.88. The summed E-state index contributed by atoms with van der Waals surface area (Å²) in [6.45, 7) is 0. The van der Waals surface area contributed by atoms with E-state index in [4.69, 9.17) is 9.98 Å². The van der Waals surface area contributed by atoms with E-state index in [9.17, 15) is 0 Å². The van der Waals surface area contributed by atoms with Crippen molar-refractivity contribution < 1.29 is 0 Å². The molecule has 9 heterocycles. The quantitative estimate of drug-likeness (QED) is 0.265. The van der Waals surface area contributed by atoms with Crippen LogP contribution in [0.15, 0.2) is 162 Å². The standard InChI is InChI=1S/C40H28N8/c1-5-25(21-41-17-1)37-29-9-11-31(45-29)38(26-6-2-18-42-22-26)33-13-15-35(47-33)40(28-8-4-20-44-24-28)36-16-14-34(48-36)39(27-7-3-19-43-23-27)32-12-10-30(37)46-32/h1-15,17-24,39,46-47H,16H2/b37-29-,38-33-,40-35-. The van der Waals surface area contributed by atoms with E-state index in [1.165, 1.54) is 0 Å². The zero-order valence-electron chi connectivity index (χ0n) is 25.7. The minimum absolute atomic E-state index is 0.156. The average Bonchev–Trinajstić information content (AvgIpc) is 3.98. The van der Waals surface area contributed by atoms with Crippen LogP contribution in [-0.2, 0) is 0 Å². The van der Waals surface area contributed by atoms with Crippen molar-refractivity contribution in [3.8, 4) is 0 Å². The van der Waals surface area contributed by atoms with Crippen molar-refractivity contribution in [3.05, 3.63) is 196 Å². The SMILES string of the molecule is C1=C/C2=C(\c3cccnc3)c3ccc([nH]3)C(c3cccnc3)C3=CCC(=N3)/C(c3cccnc3)=c3/cc/c([nH]3)=C(\c3cccnc3)C1=N2. The third kappa shape index (κ3) is 4.87. The molecule has 6 aromatic rings. The predicted octanol–water partition coefficient (Wildman–Crippen LogP) is 5.67. The van der Waals surface area contributed by atoms with Crippen LogP contribution in [0.4, 0.5) is 0 Å². The third-order valence-corrected chi connectivity index (χ3v) is 8.89. The fraction of sp³-hybridized carbons (Fsp3) is 0.0500. The van der Waals surface area contributed by atoms with E-state index >= 15 is 0 Å². The Hall–Kier alpha value is -6.54. The number of hydrogen-bond donors (Lipinski definition) is 2. The van der Waals surface area contributed by atoms with E-state index in [2.05, 4.69) is 96.7 Å². The van der Waals surface area contributed by atoms with Gasteiger partial charge in [-0.3, -0.25) is 24.9 Å². The normalized spacial score (nSPS) is 20.8. The van der Waals surface area contributed by atoms with Crippen molar-refractivity contribution in [3.63, 3.8) is 0 Å². The van der Waals surface area contributed by atoms with Gasteiger partial charge in [0.15, 0.2) is 0 Å². The number of aliphatic imine (C=N–C) groups is 2. The number of rotatable bonds is 4. The molecule has 2 N–H and O–H groups in total. The molecule has 0 radical (unpaired) electrons. The van der Waals surface area contributed by atoms with E-state index in [1.807, 2.05) is 49.1 Å². The molecule has 8 bridgehead atoms. The first-order chi connectivity index (χ1) is 23.8. The van der Waals surface area contributed by atoms with Gasteiger partial charge in [0.25, 0.3) is 0 Å². The Balaban J connectivity index is 1.38. The van der Waals surface area contributed by atoms with Crippen LogP contribution >= 0.6 is 0 Å². The highest BCUT2D eigenvalue weighted by molar-refractivity contribution is 6.30. The average molecular weight is 621 g/mol. The molecule has 0 saturated carbocycles. The second-order valence-corrected chi connectivity index (χ2v) is 11.8. The third-order valence-electron chi connectivity index (χ3n) is 8.89. The first kappa shape index (κ1) is 27.7. The van der Waals surface area contributed by atoms with Gasteiger partial charge in [-0.05, 0) is 66.2 Å². The number of pyridine rings is 4. The van der Waals surface area contributed by atoms with Gasteiger partial charge in [0.05, 0.1) is 28.7 Å². The highest BCUT2D eigenvalue weighted by Gasteiger charge is 2.28. The number of aromatic nitrogens is 6. The molecular weight excluding hydrogens is 592 g/mol. The van der Waals surface area contributed by atoms with Crippen LogP contribution in [-0.4, -0.2) is 41.3 Å². The molecule has 0 aromatic carbocycles. The lowest BCUT2D eigenvalue weighted by Gasteiger charge is -2.16. The van der Waals surface area contributed by atoms with Gasteiger partial charge in [-0.25, -0.2) is 4.99 Å². The Morgan fingerprint density at radius 3 is 1.88 bits per heavy atom. The second kappa shape index (κ2) is 11.7. The summed E-state index contributed by atoms with van der Waals surface area (Å²) in [5.74, 6) is -0.156. The fourth-order valence-electron chi connectivity index (χ4n) is 6.79. The monoisotopic (exact) mass is 620 g/mol. The number of aromatic amines is 2. The van der Waals surface area contributed by atoms with Crippen molar-refractivity contribution in [2.75, 3.05) is 0 Å². The summed E-state index contributed by atoms with van der Waals surface area (Å²) in [7, 11) is 0. The molecule has 48 heavy (non-hydrogen) atoms. The highest BCUT2D eigenvalue weighted by Crippen LogP contribution is 2.38. The summed E-state index contributed by atoms with van der Waals surface area (Å²) in [6.07, 6.45) is 21.8. The van der Waals surface area contributed by atoms with E-state index < -0.39 is 0 Å². The number of hydrogen-bond acceptors (Lipinski definition) is 6. The molecule has 0 saturated heterocycles. The van der Waals surface area contributed by atoms with Crippen molar-refractivity contribution >= 4 is 28.1 Å². The predicted molar refractivity (Wildman–Crippen MR) is 187 cm³/mol. The summed E-state index contributed by atoms with van der Waals surface area (Å²) >= 11 is 0. The smallest absolute Gasteiger partial charge is 0.0737 e. The van der Waals surface area contributed by atoms with Crippen molar-refractivity contribution in [2.24, 2.45) is 9.98 Å². The lowest BCUT2D eigenvalue weighted by molar-refractivity contribution is 0.887. The van der Waals surface area contributed by atoms with Gasteiger partial charge in [-0.15, -0.1) is 0 Å². The number of H-pyrrole nitrogens is 2. The van der Waals surface area contributed by atoms with Gasteiger partial charge >= 0.3 is 0 Å². The van der Waals surface area contributed by atoms with Crippen LogP contribution in [0.1, 0.15) is 46.0 Å². The lowest BCUT2D eigenvalue weighted by Crippen LogP contribution is -2.21. The molecule has 228 valence electrons. The molecule has 0 amide bonds. The Morgan fingerprint density at radius 1 is 0.562 bits per heavy atom. The first-order valence-corrected chi connectivity index (χ1v) is 15.8. The van der Waals surface area contributed by atoms with E-state index in [-0.39, 0.29) is 5.92 Å². The number of fused-ring (bicyclic) bond motifs is 6. The maximum absolute atomic E-state index is 5.37. The zero-order chi connectivity index (χ0) is 31.9. The van der Waals surface area contributed by atoms with Gasteiger partial charge in [0.1, 0.15) is 0 Å². The van der Waals surface area contributed by atoms with Gasteiger partial charge in [0, 0.05) is 111 Å². The van der Waals surface area contributed by atoms with Crippen molar-refractivity contribution in [2.45, 2.75) is 12.3 Å². The van der Waals surface area contributed by atoms with E-state index in [0.29, 0.717) is 6.42 Å². The van der Waals surface area contributed by atoms with Gasteiger partial charge < -0.3 is 9.97 Å². The number of nitrogens with zero attached hydrogens (tertiary/aromatic N) is 6. The van der Waals surface area contributed by atoms with Crippen LogP contribution in [0.5, 0.6) is 0 Å². The summed E-state index contributed by atoms with van der Waals surface area (Å²) < 4.78 is 0. The van der Waals surface area contributed by atoms with E-state index in [1.54, 1.807) is 24.8 Å². The van der Waals surface area contributed by atoms with Crippen LogP contribution in [0.25, 0.3) is 16.7 Å². The summed E-state index contributed by atoms with van der Waals surface area (Å²) in [4.78, 5) is 36.1. The molecule has 8 heteroatoms. The first-order valence-electron chi connectivity index (χ1n) is 15.8. The second-order valence-electron chi connectivity index (χ2n) is 11.8. The highest BCUT2D eigenvalue weighted by atomic mass is 14.9. The maximum Gasteiger partial charge on any atom is 0.0737 e. The van der Waals surface area contributed by atoms with Crippen LogP contribution in [0.2, 0.25) is 0 Å². The molecule has 6 aromatic heterocycles. The fourth-order valence-corrected chi connectivity index (χ4v) is 6.79. The number of allylic oxidation sites excluding steroid dienone is 4. The molecule has 1 atom stereocenters. The molecule has 9 rings (SSSR count). The molecule has 3 aliphatic heterocycles. The van der Waals surface area contributed by atoms with Crippen molar-refractivity contribution in [1.29, 1.82) is 0 Å². The number of nitrogens with one attached hydrogen (secondary N) is 2. The van der Waals surface area contributed by atoms with Gasteiger partial charge in [0.2, 0.25) is 0 Å². The van der Waals surface area contributed by atoms with E-state index in [0.717, 1.165) is 83.9 Å². The van der Waals surface area contributed by atoms with Gasteiger partial charge in [-0.1, -0.05) is 30.3 Å². The minimum Gasteiger partial charge on any atom is -0.357 e. The maximum atomic E-state index is 5.37. The van der Waals surface area contributed by atoms with Crippen LogP contribution in [0, 0.1) is 0 Å². The van der Waals surface area contributed by atoms with Crippen molar-refractivity contribution in [1.82, 2.24) is 29.9 Å². The molecule has 0 aliphatic carbocycles. The lowest BCUT2D eigenvalue weighted by atomic mass is 9.94. The summed E-state index contributed by atoms with van der Waals surface area (Å²) in [6, 6.07) is 24.7. The molecule has 0 fully saturated rings. The molecule has 3 aliphatic rings. The minimum atomic E-state index is -0.156. The molecule has 1 unspecified atom stereocenters. The Kier molecular flexibility index (Phi) is 6.75. The molecular formula is C40H28N8. The molecule has 8 nitrogen and oxygen atoms in total. The van der Waals surface area contributed by atoms with Crippen LogP contribution in [0.3, 0.4) is 0 Å². The Morgan fingerprint density at radius 2 is 1.21 bits per heavy atom. The topological polar surface area (TPSA) is 108 Å². The van der Waals surface area contributed by atoms with Crippen LogP contribution < -0.4 is 10.7 Å².